The predicted octanol–water partition coefficient (Wildman–Crippen LogP) is 0.963. The maximum atomic E-state index is 11.8. The molecule has 1 rings (SSSR count). The highest BCUT2D eigenvalue weighted by Gasteiger charge is 2.28. The van der Waals surface area contributed by atoms with Crippen LogP contribution in [0.2, 0.25) is 0 Å². The molecule has 0 radical (unpaired) electrons. The summed E-state index contributed by atoms with van der Waals surface area (Å²) in [7, 11) is -3.15. The summed E-state index contributed by atoms with van der Waals surface area (Å²) in [5.74, 6) is 0.128. The summed E-state index contributed by atoms with van der Waals surface area (Å²) >= 11 is 0. The first-order valence-corrected chi connectivity index (χ1v) is 7.33. The molecular formula is C10H21NO3S. The van der Waals surface area contributed by atoms with E-state index < -0.39 is 10.0 Å². The van der Waals surface area contributed by atoms with E-state index in [0.29, 0.717) is 0 Å². The number of hydrogen-bond donors (Lipinski definition) is 1. The number of aliphatic hydroxyl groups is 1. The van der Waals surface area contributed by atoms with Gasteiger partial charge in [0.2, 0.25) is 10.0 Å². The van der Waals surface area contributed by atoms with Gasteiger partial charge in [-0.3, -0.25) is 0 Å². The maximum absolute atomic E-state index is 11.8. The number of hydrogen-bond acceptors (Lipinski definition) is 3. The van der Waals surface area contributed by atoms with Crippen LogP contribution in [0, 0.1) is 0 Å². The zero-order valence-electron chi connectivity index (χ0n) is 9.35. The fourth-order valence-corrected chi connectivity index (χ4v) is 3.54. The number of sulfonamides is 1. The minimum absolute atomic E-state index is 0.0876. The predicted molar refractivity (Wildman–Crippen MR) is 60.1 cm³/mol. The fraction of sp³-hybridized carbons (Fsp3) is 1.00. The van der Waals surface area contributed by atoms with Crippen molar-refractivity contribution in [2.75, 3.05) is 18.9 Å². The lowest BCUT2D eigenvalue weighted by molar-refractivity contribution is 0.199. The van der Waals surface area contributed by atoms with Crippen LogP contribution in [-0.2, 0) is 10.0 Å². The van der Waals surface area contributed by atoms with Crippen molar-refractivity contribution in [1.29, 1.82) is 0 Å². The summed E-state index contributed by atoms with van der Waals surface area (Å²) in [4.78, 5) is 0. The van der Waals surface area contributed by atoms with E-state index in [1.54, 1.807) is 6.92 Å². The van der Waals surface area contributed by atoms with E-state index in [-0.39, 0.29) is 24.9 Å². The third-order valence-electron chi connectivity index (χ3n) is 3.02. The van der Waals surface area contributed by atoms with Gasteiger partial charge in [0.05, 0.1) is 12.4 Å². The van der Waals surface area contributed by atoms with E-state index in [9.17, 15) is 8.42 Å². The molecule has 0 amide bonds. The lowest BCUT2D eigenvalue weighted by Gasteiger charge is -2.32. The second-order valence-electron chi connectivity index (χ2n) is 4.03. The molecule has 1 fully saturated rings. The van der Waals surface area contributed by atoms with Crippen molar-refractivity contribution in [2.45, 2.75) is 45.1 Å². The molecule has 0 aliphatic heterocycles. The van der Waals surface area contributed by atoms with Gasteiger partial charge in [0.25, 0.3) is 0 Å². The van der Waals surface area contributed by atoms with E-state index in [4.69, 9.17) is 5.11 Å². The first-order valence-electron chi connectivity index (χ1n) is 5.72. The average molecular weight is 235 g/mol. The summed E-state index contributed by atoms with van der Waals surface area (Å²) in [6.45, 7) is 1.82. The Hall–Kier alpha value is -0.130. The monoisotopic (exact) mass is 235 g/mol. The van der Waals surface area contributed by atoms with Gasteiger partial charge >= 0.3 is 0 Å². The van der Waals surface area contributed by atoms with Crippen molar-refractivity contribution in [2.24, 2.45) is 0 Å². The molecule has 0 aromatic carbocycles. The first-order chi connectivity index (χ1) is 7.11. The van der Waals surface area contributed by atoms with Crippen molar-refractivity contribution >= 4 is 10.0 Å². The van der Waals surface area contributed by atoms with Crippen LogP contribution in [0.4, 0.5) is 0 Å². The Morgan fingerprint density at radius 3 is 2.33 bits per heavy atom. The molecule has 1 aliphatic rings. The van der Waals surface area contributed by atoms with Crippen molar-refractivity contribution in [3.05, 3.63) is 0 Å². The van der Waals surface area contributed by atoms with Gasteiger partial charge in [-0.05, 0) is 19.8 Å². The molecule has 0 saturated heterocycles. The van der Waals surface area contributed by atoms with Crippen LogP contribution in [0.1, 0.15) is 39.0 Å². The lowest BCUT2D eigenvalue weighted by Crippen LogP contribution is -2.43. The summed E-state index contributed by atoms with van der Waals surface area (Å²) < 4.78 is 25.1. The Balaban J connectivity index is 2.72. The molecule has 0 heterocycles. The van der Waals surface area contributed by atoms with Crippen molar-refractivity contribution in [3.63, 3.8) is 0 Å². The summed E-state index contributed by atoms with van der Waals surface area (Å²) in [5.41, 5.74) is 0. The summed E-state index contributed by atoms with van der Waals surface area (Å²) in [5, 5.41) is 8.92. The van der Waals surface area contributed by atoms with Crippen LogP contribution < -0.4 is 0 Å². The average Bonchev–Trinajstić information content (AvgIpc) is 2.27. The topological polar surface area (TPSA) is 57.6 Å². The van der Waals surface area contributed by atoms with Gasteiger partial charge in [-0.25, -0.2) is 8.42 Å². The second-order valence-corrected chi connectivity index (χ2v) is 6.24. The SMILES string of the molecule is CCS(=O)(=O)N(CCO)C1CCCCC1. The van der Waals surface area contributed by atoms with Crippen LogP contribution in [0.25, 0.3) is 0 Å². The smallest absolute Gasteiger partial charge is 0.214 e. The third kappa shape index (κ3) is 3.43. The Morgan fingerprint density at radius 1 is 1.27 bits per heavy atom. The van der Waals surface area contributed by atoms with E-state index in [0.717, 1.165) is 25.7 Å². The highest BCUT2D eigenvalue weighted by atomic mass is 32.2. The van der Waals surface area contributed by atoms with Gasteiger partial charge in [0.15, 0.2) is 0 Å². The molecule has 0 aromatic heterocycles. The van der Waals surface area contributed by atoms with Crippen molar-refractivity contribution < 1.29 is 13.5 Å². The number of rotatable bonds is 5. The molecule has 1 saturated carbocycles. The van der Waals surface area contributed by atoms with Gasteiger partial charge in [-0.1, -0.05) is 19.3 Å². The molecule has 0 atom stereocenters. The molecular weight excluding hydrogens is 214 g/mol. The lowest BCUT2D eigenvalue weighted by atomic mass is 9.95. The summed E-state index contributed by atoms with van der Waals surface area (Å²) in [6, 6.07) is 0.121. The maximum Gasteiger partial charge on any atom is 0.214 e. The highest BCUT2D eigenvalue weighted by molar-refractivity contribution is 7.89. The Morgan fingerprint density at radius 2 is 1.87 bits per heavy atom. The second kappa shape index (κ2) is 5.82. The van der Waals surface area contributed by atoms with Crippen LogP contribution in [-0.4, -0.2) is 42.8 Å². The molecule has 0 spiro atoms. The molecule has 0 unspecified atom stereocenters. The van der Waals surface area contributed by atoms with Gasteiger partial charge in [0, 0.05) is 12.6 Å². The number of nitrogens with zero attached hydrogens (tertiary/aromatic N) is 1. The molecule has 1 aliphatic carbocycles. The van der Waals surface area contributed by atoms with Crippen LogP contribution in [0.5, 0.6) is 0 Å². The van der Waals surface area contributed by atoms with Crippen molar-refractivity contribution in [3.8, 4) is 0 Å². The van der Waals surface area contributed by atoms with Gasteiger partial charge in [-0.15, -0.1) is 0 Å². The zero-order valence-corrected chi connectivity index (χ0v) is 10.2. The Bertz CT molecular complexity index is 270. The highest BCUT2D eigenvalue weighted by Crippen LogP contribution is 2.24. The van der Waals surface area contributed by atoms with Gasteiger partial charge < -0.3 is 5.11 Å². The molecule has 15 heavy (non-hydrogen) atoms. The fourth-order valence-electron chi connectivity index (χ4n) is 2.18. The first kappa shape index (κ1) is 12.9. The van der Waals surface area contributed by atoms with Crippen molar-refractivity contribution in [1.82, 2.24) is 4.31 Å². The normalized spacial score (nSPS) is 19.7. The molecule has 4 nitrogen and oxygen atoms in total. The standard InChI is InChI=1S/C10H21NO3S/c1-2-15(13,14)11(8-9-12)10-6-4-3-5-7-10/h10,12H,2-9H2,1H3. The quantitative estimate of drug-likeness (QED) is 0.772. The largest absolute Gasteiger partial charge is 0.395 e. The van der Waals surface area contributed by atoms with E-state index >= 15 is 0 Å². The Labute approximate surface area is 92.3 Å². The van der Waals surface area contributed by atoms with Crippen LogP contribution >= 0.6 is 0 Å². The minimum Gasteiger partial charge on any atom is -0.395 e. The van der Waals surface area contributed by atoms with Crippen LogP contribution in [0.3, 0.4) is 0 Å². The molecule has 5 heteroatoms. The molecule has 90 valence electrons. The zero-order chi connectivity index (χ0) is 11.3. The van der Waals surface area contributed by atoms with Gasteiger partial charge in [-0.2, -0.15) is 4.31 Å². The van der Waals surface area contributed by atoms with E-state index in [1.165, 1.54) is 10.7 Å². The Kier molecular flexibility index (Phi) is 5.02. The van der Waals surface area contributed by atoms with Gasteiger partial charge in [0.1, 0.15) is 0 Å². The van der Waals surface area contributed by atoms with E-state index in [1.807, 2.05) is 0 Å². The van der Waals surface area contributed by atoms with E-state index in [2.05, 4.69) is 0 Å². The van der Waals surface area contributed by atoms with Crippen LogP contribution in [0.15, 0.2) is 0 Å². The molecule has 0 bridgehead atoms. The summed E-state index contributed by atoms with van der Waals surface area (Å²) in [6.07, 6.45) is 5.30. The minimum atomic E-state index is -3.15. The molecule has 0 aromatic rings. The third-order valence-corrected chi connectivity index (χ3v) is 4.95. The molecule has 1 N–H and O–H groups in total. The number of aliphatic hydroxyl groups excluding tert-OH is 1.